The number of hydroxylamine groups is 2. The maximum atomic E-state index is 12.3. The Labute approximate surface area is 120 Å². The van der Waals surface area contributed by atoms with Crippen molar-refractivity contribution in [1.29, 1.82) is 0 Å². The first-order valence-electron chi connectivity index (χ1n) is 7.01. The lowest BCUT2D eigenvalue weighted by molar-refractivity contribution is 0.00993. The zero-order valence-corrected chi connectivity index (χ0v) is 12.6. The minimum atomic E-state index is -0.414. The molecule has 1 aliphatic rings. The van der Waals surface area contributed by atoms with E-state index in [1.807, 2.05) is 39.8 Å². The highest BCUT2D eigenvalue weighted by atomic mass is 16.5. The van der Waals surface area contributed by atoms with Crippen molar-refractivity contribution >= 4 is 6.21 Å². The van der Waals surface area contributed by atoms with E-state index in [-0.39, 0.29) is 11.8 Å². The van der Waals surface area contributed by atoms with Crippen molar-refractivity contribution in [3.8, 4) is 5.75 Å². The number of benzene rings is 1. The molecule has 0 bridgehead atoms. The molecule has 1 saturated heterocycles. The van der Waals surface area contributed by atoms with Crippen LogP contribution in [-0.2, 0) is 0 Å². The topological polar surface area (TPSA) is 58.9 Å². The molecule has 1 aliphatic heterocycles. The molecule has 0 aromatic heterocycles. The van der Waals surface area contributed by atoms with Gasteiger partial charge in [0.25, 0.3) is 0 Å². The number of aliphatic imine (C=N–C) groups is 1. The third kappa shape index (κ3) is 3.02. The van der Waals surface area contributed by atoms with Gasteiger partial charge in [-0.25, -0.2) is 0 Å². The van der Waals surface area contributed by atoms with Gasteiger partial charge in [-0.2, -0.15) is 0 Å². The molecule has 1 heterocycles. The summed E-state index contributed by atoms with van der Waals surface area (Å²) in [4.78, 5) is 4.59. The molecule has 2 rings (SSSR count). The predicted molar refractivity (Wildman–Crippen MR) is 82.1 cm³/mol. The maximum absolute atomic E-state index is 12.3. The fraction of sp³-hybridized carbons (Fsp3) is 0.562. The van der Waals surface area contributed by atoms with Crippen molar-refractivity contribution in [1.82, 2.24) is 5.06 Å². The Morgan fingerprint density at radius 1 is 1.20 bits per heavy atom. The molecule has 1 aromatic rings. The van der Waals surface area contributed by atoms with E-state index in [9.17, 15) is 10.3 Å². The summed E-state index contributed by atoms with van der Waals surface area (Å²) < 4.78 is 0. The second kappa shape index (κ2) is 5.19. The number of phenolic OH excluding ortho intramolecular Hbond substituents is 1. The minimum absolute atomic E-state index is 0.102. The molecule has 0 saturated carbocycles. The van der Waals surface area contributed by atoms with Crippen molar-refractivity contribution in [2.45, 2.75) is 57.7 Å². The molecule has 0 amide bonds. The van der Waals surface area contributed by atoms with Crippen LogP contribution in [0.5, 0.6) is 5.75 Å². The van der Waals surface area contributed by atoms with Crippen LogP contribution in [0.2, 0.25) is 0 Å². The number of phenols is 1. The molecule has 4 heteroatoms. The van der Waals surface area contributed by atoms with Gasteiger partial charge < -0.3 is 15.4 Å². The maximum Gasteiger partial charge on any atom is 0.124 e. The summed E-state index contributed by atoms with van der Waals surface area (Å²) >= 11 is 0. The average Bonchev–Trinajstić information content (AvgIpc) is 2.34. The highest BCUT2D eigenvalue weighted by molar-refractivity contribution is 5.83. The molecule has 0 atom stereocenters. The average molecular weight is 275 g/mol. The largest absolute Gasteiger partial charge is 0.784 e. The number of aromatic hydroxyl groups is 1. The van der Waals surface area contributed by atoms with Crippen LogP contribution in [0.1, 0.15) is 46.1 Å². The summed E-state index contributed by atoms with van der Waals surface area (Å²) in [6.07, 6.45) is 3.17. The minimum Gasteiger partial charge on any atom is -0.784 e. The highest BCUT2D eigenvalue weighted by Gasteiger charge is 2.39. The van der Waals surface area contributed by atoms with Gasteiger partial charge in [0.2, 0.25) is 0 Å². The first-order valence-corrected chi connectivity index (χ1v) is 7.01. The van der Waals surface area contributed by atoms with Crippen LogP contribution in [-0.4, -0.2) is 33.5 Å². The van der Waals surface area contributed by atoms with Crippen molar-refractivity contribution < 1.29 is 5.11 Å². The van der Waals surface area contributed by atoms with E-state index in [0.717, 1.165) is 12.8 Å². The number of para-hydroxylation sites is 1. The lowest BCUT2D eigenvalue weighted by Gasteiger charge is -2.59. The summed E-state index contributed by atoms with van der Waals surface area (Å²) in [6, 6.07) is 7.24. The van der Waals surface area contributed by atoms with Crippen molar-refractivity contribution in [3.63, 3.8) is 0 Å². The van der Waals surface area contributed by atoms with Gasteiger partial charge in [0.15, 0.2) is 0 Å². The van der Waals surface area contributed by atoms with Gasteiger partial charge in [0.1, 0.15) is 5.75 Å². The molecule has 0 radical (unpaired) electrons. The fourth-order valence-corrected chi connectivity index (χ4v) is 3.10. The molecular formula is C16H23N2O2-. The monoisotopic (exact) mass is 275 g/mol. The Hall–Kier alpha value is -1.39. The van der Waals surface area contributed by atoms with Crippen LogP contribution in [0.4, 0.5) is 0 Å². The molecule has 20 heavy (non-hydrogen) atoms. The fourth-order valence-electron chi connectivity index (χ4n) is 3.10. The molecule has 110 valence electrons. The highest BCUT2D eigenvalue weighted by Crippen LogP contribution is 2.38. The van der Waals surface area contributed by atoms with Gasteiger partial charge in [0.05, 0.1) is 6.04 Å². The van der Waals surface area contributed by atoms with Crippen molar-refractivity contribution in [2.75, 3.05) is 0 Å². The van der Waals surface area contributed by atoms with Crippen molar-refractivity contribution in [2.24, 2.45) is 4.99 Å². The van der Waals surface area contributed by atoms with E-state index < -0.39 is 11.1 Å². The molecule has 1 aromatic carbocycles. The first-order chi connectivity index (χ1) is 9.22. The number of hydrogen-bond donors (Lipinski definition) is 1. The Kier molecular flexibility index (Phi) is 3.89. The molecule has 0 unspecified atom stereocenters. The Bertz CT molecular complexity index is 491. The van der Waals surface area contributed by atoms with E-state index in [0.29, 0.717) is 5.56 Å². The van der Waals surface area contributed by atoms with Gasteiger partial charge in [-0.15, -0.1) is 0 Å². The van der Waals surface area contributed by atoms with E-state index >= 15 is 0 Å². The lowest BCUT2D eigenvalue weighted by atomic mass is 9.79. The van der Waals surface area contributed by atoms with Crippen LogP contribution in [0, 0.1) is 5.21 Å². The number of nitrogens with zero attached hydrogens (tertiary/aromatic N) is 2. The quantitative estimate of drug-likeness (QED) is 0.842. The van der Waals surface area contributed by atoms with Crippen LogP contribution in [0.15, 0.2) is 29.3 Å². The molecule has 0 spiro atoms. The zero-order valence-electron chi connectivity index (χ0n) is 12.6. The smallest absolute Gasteiger partial charge is 0.124 e. The standard InChI is InChI=1S/C16H23N2O2/c1-15(2)9-13(10-16(3,4)18(15)20)17-11-12-7-5-6-8-14(12)19/h5-8,11,13,19H,9-10H2,1-4H3/q-1. The molecule has 1 fully saturated rings. The van der Waals surface area contributed by atoms with Gasteiger partial charge in [-0.3, -0.25) is 4.99 Å². The third-order valence-electron chi connectivity index (χ3n) is 3.93. The lowest BCUT2D eigenvalue weighted by Crippen LogP contribution is -2.58. The Balaban J connectivity index is 2.17. The second-order valence-electron chi connectivity index (χ2n) is 6.82. The summed E-state index contributed by atoms with van der Waals surface area (Å²) in [5, 5.41) is 23.2. The van der Waals surface area contributed by atoms with Gasteiger partial charge in [-0.1, -0.05) is 12.1 Å². The van der Waals surface area contributed by atoms with Crippen molar-refractivity contribution in [3.05, 3.63) is 35.0 Å². The Morgan fingerprint density at radius 2 is 1.75 bits per heavy atom. The third-order valence-corrected chi connectivity index (χ3v) is 3.93. The summed E-state index contributed by atoms with van der Waals surface area (Å²) in [6.45, 7) is 7.85. The molecular weight excluding hydrogens is 252 g/mol. The first kappa shape index (κ1) is 15.0. The predicted octanol–water partition coefficient (Wildman–Crippen LogP) is 3.33. The number of hydrogen-bond acceptors (Lipinski definition) is 4. The summed E-state index contributed by atoms with van der Waals surface area (Å²) in [5.74, 6) is 0.232. The number of rotatable bonds is 2. The van der Waals surface area contributed by atoms with Crippen LogP contribution in [0.3, 0.4) is 0 Å². The molecule has 1 N–H and O–H groups in total. The van der Waals surface area contributed by atoms with Crippen LogP contribution < -0.4 is 0 Å². The Morgan fingerprint density at radius 3 is 2.30 bits per heavy atom. The van der Waals surface area contributed by atoms with Crippen LogP contribution in [0.25, 0.3) is 0 Å². The zero-order chi connectivity index (χ0) is 15.0. The van der Waals surface area contributed by atoms with Gasteiger partial charge >= 0.3 is 0 Å². The summed E-state index contributed by atoms with van der Waals surface area (Å²) in [5.41, 5.74) is -0.113. The normalized spacial score (nSPS) is 23.2. The second-order valence-corrected chi connectivity index (χ2v) is 6.82. The van der Waals surface area contributed by atoms with E-state index in [4.69, 9.17) is 0 Å². The van der Waals surface area contributed by atoms with E-state index in [1.54, 1.807) is 18.3 Å². The summed E-state index contributed by atoms with van der Waals surface area (Å²) in [7, 11) is 0. The van der Waals surface area contributed by atoms with Crippen LogP contribution >= 0.6 is 0 Å². The number of piperidine rings is 1. The SMILES string of the molecule is CC1(C)CC(N=Cc2ccccc2O)CC(C)(C)N1[O-]. The molecule has 0 aliphatic carbocycles. The van der Waals surface area contributed by atoms with Gasteiger partial charge in [0, 0.05) is 22.9 Å². The van der Waals surface area contributed by atoms with E-state index in [1.165, 1.54) is 5.06 Å². The molecule has 4 nitrogen and oxygen atoms in total. The van der Waals surface area contributed by atoms with E-state index in [2.05, 4.69) is 4.99 Å². The van der Waals surface area contributed by atoms with Gasteiger partial charge in [-0.05, 0) is 52.7 Å².